The summed E-state index contributed by atoms with van der Waals surface area (Å²) in [7, 11) is 0. The first-order chi connectivity index (χ1) is 11.4. The van der Waals surface area contributed by atoms with Gasteiger partial charge in [0.05, 0.1) is 13.2 Å². The van der Waals surface area contributed by atoms with Crippen molar-refractivity contribution in [2.45, 2.75) is 85.6 Å². The zero-order valence-corrected chi connectivity index (χ0v) is 16.2. The Morgan fingerprint density at radius 2 is 1.50 bits per heavy atom. The summed E-state index contributed by atoms with van der Waals surface area (Å²) in [6.45, 7) is 10.9. The van der Waals surface area contributed by atoms with E-state index in [1.807, 2.05) is 27.7 Å². The zero-order chi connectivity index (χ0) is 18.4. The van der Waals surface area contributed by atoms with Crippen molar-refractivity contribution in [1.29, 1.82) is 0 Å². The Balaban J connectivity index is 4.13. The van der Waals surface area contributed by atoms with E-state index in [1.165, 1.54) is 25.7 Å². The normalized spacial score (nSPS) is 12.3. The van der Waals surface area contributed by atoms with E-state index in [1.54, 1.807) is 0 Å². The molecule has 0 aliphatic heterocycles. The molecule has 142 valence electrons. The van der Waals surface area contributed by atoms with E-state index < -0.39 is 12.1 Å². The van der Waals surface area contributed by atoms with E-state index >= 15 is 0 Å². The molecule has 1 atom stereocenters. The van der Waals surface area contributed by atoms with Gasteiger partial charge in [-0.25, -0.2) is 9.59 Å². The van der Waals surface area contributed by atoms with Crippen molar-refractivity contribution in [1.82, 2.24) is 5.32 Å². The highest BCUT2D eigenvalue weighted by Crippen LogP contribution is 2.09. The van der Waals surface area contributed by atoms with Gasteiger partial charge in [-0.15, -0.1) is 0 Å². The summed E-state index contributed by atoms with van der Waals surface area (Å²) < 4.78 is 10.4. The molecule has 0 rings (SSSR count). The number of amides is 1. The van der Waals surface area contributed by atoms with E-state index in [4.69, 9.17) is 9.47 Å². The molecule has 0 aliphatic rings. The molecule has 0 aromatic rings. The second kappa shape index (κ2) is 14.1. The number of carbonyl (C=O) groups excluding carboxylic acids is 2. The van der Waals surface area contributed by atoms with Crippen LogP contribution < -0.4 is 5.32 Å². The number of carbonyl (C=O) groups is 2. The topological polar surface area (TPSA) is 64.6 Å². The second-order valence-corrected chi connectivity index (χ2v) is 7.25. The fraction of sp³-hybridized carbons (Fsp3) is 0.895. The van der Waals surface area contributed by atoms with Crippen LogP contribution in [0.3, 0.4) is 0 Å². The van der Waals surface area contributed by atoms with Crippen molar-refractivity contribution in [2.75, 3.05) is 13.2 Å². The Kier molecular flexibility index (Phi) is 13.4. The fourth-order valence-electron chi connectivity index (χ4n) is 2.27. The first-order valence-electron chi connectivity index (χ1n) is 9.46. The van der Waals surface area contributed by atoms with Crippen LogP contribution in [0.25, 0.3) is 0 Å². The van der Waals surface area contributed by atoms with Crippen molar-refractivity contribution < 1.29 is 19.1 Å². The first-order valence-corrected chi connectivity index (χ1v) is 9.46. The summed E-state index contributed by atoms with van der Waals surface area (Å²) >= 11 is 0. The van der Waals surface area contributed by atoms with E-state index in [9.17, 15) is 9.59 Å². The monoisotopic (exact) mass is 343 g/mol. The smallest absolute Gasteiger partial charge is 0.407 e. The van der Waals surface area contributed by atoms with E-state index in [0.717, 1.165) is 12.8 Å². The highest BCUT2D eigenvalue weighted by Gasteiger charge is 2.24. The lowest BCUT2D eigenvalue weighted by atomic mass is 10.0. The van der Waals surface area contributed by atoms with Gasteiger partial charge in [0.25, 0.3) is 0 Å². The molecule has 0 bridgehead atoms. The third kappa shape index (κ3) is 13.2. The molecule has 1 N–H and O–H groups in total. The molecule has 5 heteroatoms. The van der Waals surface area contributed by atoms with Crippen LogP contribution in [0.1, 0.15) is 79.6 Å². The van der Waals surface area contributed by atoms with Crippen LogP contribution in [0.2, 0.25) is 0 Å². The molecule has 0 saturated carbocycles. The zero-order valence-electron chi connectivity index (χ0n) is 16.2. The second-order valence-electron chi connectivity index (χ2n) is 7.25. The van der Waals surface area contributed by atoms with Crippen molar-refractivity contribution >= 4 is 12.1 Å². The molecule has 0 unspecified atom stereocenters. The lowest BCUT2D eigenvalue weighted by Gasteiger charge is -2.19. The van der Waals surface area contributed by atoms with Crippen molar-refractivity contribution in [2.24, 2.45) is 11.8 Å². The van der Waals surface area contributed by atoms with Gasteiger partial charge >= 0.3 is 12.1 Å². The van der Waals surface area contributed by atoms with Crippen LogP contribution in [0.4, 0.5) is 4.79 Å². The maximum atomic E-state index is 12.2. The van der Waals surface area contributed by atoms with Crippen molar-refractivity contribution in [3.05, 3.63) is 0 Å². The number of rotatable bonds is 13. The molecule has 24 heavy (non-hydrogen) atoms. The lowest BCUT2D eigenvalue weighted by molar-refractivity contribution is -0.146. The predicted molar refractivity (Wildman–Crippen MR) is 96.9 cm³/mol. The maximum Gasteiger partial charge on any atom is 0.407 e. The van der Waals surface area contributed by atoms with Gasteiger partial charge in [-0.05, 0) is 24.7 Å². The average molecular weight is 344 g/mol. The van der Waals surface area contributed by atoms with E-state index in [-0.39, 0.29) is 17.8 Å². The highest BCUT2D eigenvalue weighted by atomic mass is 16.6. The predicted octanol–water partition coefficient (Wildman–Crippen LogP) is 4.69. The Bertz CT molecular complexity index is 342. The number of esters is 1. The number of unbranched alkanes of at least 4 members (excludes halogenated alkanes) is 5. The quantitative estimate of drug-likeness (QED) is 0.389. The van der Waals surface area contributed by atoms with Crippen LogP contribution in [0.5, 0.6) is 0 Å². The summed E-state index contributed by atoms with van der Waals surface area (Å²) in [6.07, 6.45) is 6.86. The Hall–Kier alpha value is -1.26. The van der Waals surface area contributed by atoms with Crippen molar-refractivity contribution in [3.8, 4) is 0 Å². The molecule has 0 fully saturated rings. The van der Waals surface area contributed by atoms with Gasteiger partial charge in [0.15, 0.2) is 0 Å². The van der Waals surface area contributed by atoms with Gasteiger partial charge in [0, 0.05) is 0 Å². The molecular weight excluding hydrogens is 306 g/mol. The fourth-order valence-corrected chi connectivity index (χ4v) is 2.27. The van der Waals surface area contributed by atoms with Crippen LogP contribution in [0.15, 0.2) is 0 Å². The molecule has 0 aromatic carbocycles. The number of hydrogen-bond donors (Lipinski definition) is 1. The van der Waals surface area contributed by atoms with Crippen LogP contribution in [-0.2, 0) is 14.3 Å². The standard InChI is InChI=1S/C19H37NO4/c1-6-7-8-9-10-11-12-23-18(21)17(13-15(2)3)20-19(22)24-14-16(4)5/h15-17H,6-14H2,1-5H3,(H,20,22)/t17-/m0/s1. The summed E-state index contributed by atoms with van der Waals surface area (Å²) in [6, 6.07) is -0.634. The highest BCUT2D eigenvalue weighted by molar-refractivity contribution is 5.81. The van der Waals surface area contributed by atoms with Gasteiger partial charge in [-0.1, -0.05) is 66.7 Å². The minimum absolute atomic E-state index is 0.263. The van der Waals surface area contributed by atoms with Gasteiger partial charge in [-0.3, -0.25) is 0 Å². The molecule has 0 saturated heterocycles. The molecule has 0 heterocycles. The molecule has 1 amide bonds. The number of alkyl carbamates (subject to hydrolysis) is 1. The number of hydrogen-bond acceptors (Lipinski definition) is 4. The summed E-state index contributed by atoms with van der Waals surface area (Å²) in [5.74, 6) is 0.180. The Morgan fingerprint density at radius 3 is 2.08 bits per heavy atom. The molecule has 0 spiro atoms. The van der Waals surface area contributed by atoms with Gasteiger partial charge in [0.2, 0.25) is 0 Å². The van der Waals surface area contributed by atoms with Crippen LogP contribution in [0, 0.1) is 11.8 Å². The third-order valence-corrected chi connectivity index (χ3v) is 3.57. The van der Waals surface area contributed by atoms with Gasteiger partial charge in [0.1, 0.15) is 6.04 Å². The minimum Gasteiger partial charge on any atom is -0.464 e. The summed E-state index contributed by atoms with van der Waals surface area (Å²) in [5.41, 5.74) is 0. The molecule has 0 aromatic heterocycles. The van der Waals surface area contributed by atoms with Crippen LogP contribution >= 0.6 is 0 Å². The largest absolute Gasteiger partial charge is 0.464 e. The first kappa shape index (κ1) is 22.7. The van der Waals surface area contributed by atoms with E-state index in [2.05, 4.69) is 12.2 Å². The number of ether oxygens (including phenoxy) is 2. The molecule has 5 nitrogen and oxygen atoms in total. The average Bonchev–Trinajstić information content (AvgIpc) is 2.50. The van der Waals surface area contributed by atoms with Gasteiger partial charge in [-0.2, -0.15) is 0 Å². The minimum atomic E-state index is -0.634. The summed E-state index contributed by atoms with van der Waals surface area (Å²) in [4.78, 5) is 24.0. The third-order valence-electron chi connectivity index (χ3n) is 3.57. The van der Waals surface area contributed by atoms with E-state index in [0.29, 0.717) is 19.6 Å². The lowest BCUT2D eigenvalue weighted by Crippen LogP contribution is -2.43. The number of nitrogens with one attached hydrogen (secondary N) is 1. The molecule has 0 radical (unpaired) electrons. The SMILES string of the molecule is CCCCCCCCOC(=O)[C@H](CC(C)C)NC(=O)OCC(C)C. The molecule has 0 aliphatic carbocycles. The Labute approximate surface area is 147 Å². The Morgan fingerprint density at radius 1 is 0.875 bits per heavy atom. The summed E-state index contributed by atoms with van der Waals surface area (Å²) in [5, 5.41) is 2.64. The van der Waals surface area contributed by atoms with Crippen molar-refractivity contribution in [3.63, 3.8) is 0 Å². The van der Waals surface area contributed by atoms with Gasteiger partial charge < -0.3 is 14.8 Å². The van der Waals surface area contributed by atoms with Crippen LogP contribution in [-0.4, -0.2) is 31.3 Å². The maximum absolute atomic E-state index is 12.2. The molecular formula is C19H37NO4.